The molecule has 150 valence electrons. The van der Waals surface area contributed by atoms with E-state index in [0.29, 0.717) is 33.9 Å². The molecule has 0 bridgehead atoms. The van der Waals surface area contributed by atoms with Gasteiger partial charge in [0.15, 0.2) is 5.76 Å². The topological polar surface area (TPSA) is 61.8 Å². The van der Waals surface area contributed by atoms with E-state index >= 15 is 0 Å². The van der Waals surface area contributed by atoms with Crippen LogP contribution in [0, 0.1) is 13.8 Å². The van der Waals surface area contributed by atoms with E-state index in [0.717, 1.165) is 11.1 Å². The third-order valence-corrected chi connectivity index (χ3v) is 4.91. The van der Waals surface area contributed by atoms with Crippen molar-refractivity contribution in [3.05, 3.63) is 94.2 Å². The van der Waals surface area contributed by atoms with Crippen LogP contribution in [0.4, 0.5) is 0 Å². The van der Waals surface area contributed by atoms with Gasteiger partial charge in [-0.3, -0.25) is 4.79 Å². The molecule has 0 aliphatic carbocycles. The zero-order valence-electron chi connectivity index (χ0n) is 16.9. The maximum absolute atomic E-state index is 12.8. The van der Waals surface area contributed by atoms with Crippen LogP contribution in [0.15, 0.2) is 66.4 Å². The molecule has 1 heterocycles. The second-order valence-corrected chi connectivity index (χ2v) is 7.01. The van der Waals surface area contributed by atoms with Crippen molar-refractivity contribution in [2.24, 2.45) is 0 Å². The molecule has 0 aromatic heterocycles. The number of ketones is 1. The number of allylic oxidation sites excluding steroid dienone is 1. The first-order chi connectivity index (χ1) is 14.5. The van der Waals surface area contributed by atoms with Gasteiger partial charge in [-0.1, -0.05) is 42.0 Å². The number of aryl methyl sites for hydroxylation is 1. The summed E-state index contributed by atoms with van der Waals surface area (Å²) in [4.78, 5) is 25.4. The number of fused-ring (bicyclic) bond motifs is 1. The summed E-state index contributed by atoms with van der Waals surface area (Å²) in [6.07, 6.45) is 1.72. The van der Waals surface area contributed by atoms with Crippen molar-refractivity contribution < 1.29 is 23.8 Å². The fourth-order valence-corrected chi connectivity index (χ4v) is 3.36. The van der Waals surface area contributed by atoms with Gasteiger partial charge in [-0.25, -0.2) is 4.79 Å². The summed E-state index contributed by atoms with van der Waals surface area (Å²) >= 11 is 0. The number of carbonyl (C=O) groups excluding carboxylic acids is 2. The third-order valence-electron chi connectivity index (χ3n) is 4.91. The lowest BCUT2D eigenvalue weighted by atomic mass is 10.1. The fourth-order valence-electron chi connectivity index (χ4n) is 3.36. The van der Waals surface area contributed by atoms with Crippen molar-refractivity contribution in [1.82, 2.24) is 0 Å². The van der Waals surface area contributed by atoms with Crippen LogP contribution < -0.4 is 14.2 Å². The molecule has 0 N–H and O–H groups in total. The van der Waals surface area contributed by atoms with Crippen LogP contribution in [0.3, 0.4) is 0 Å². The number of esters is 1. The average Bonchev–Trinajstić information content (AvgIpc) is 3.06. The molecule has 0 amide bonds. The van der Waals surface area contributed by atoms with Gasteiger partial charge >= 0.3 is 5.97 Å². The lowest BCUT2D eigenvalue weighted by molar-refractivity contribution is 0.0729. The zero-order valence-corrected chi connectivity index (χ0v) is 16.9. The molecule has 0 fully saturated rings. The van der Waals surface area contributed by atoms with E-state index in [-0.39, 0.29) is 11.5 Å². The average molecular weight is 400 g/mol. The van der Waals surface area contributed by atoms with E-state index in [9.17, 15) is 9.59 Å². The Bertz CT molecular complexity index is 1190. The number of carbonyl (C=O) groups is 2. The number of hydrogen-bond donors (Lipinski definition) is 0. The number of benzene rings is 3. The quantitative estimate of drug-likeness (QED) is 0.344. The standard InChI is InChI=1S/C25H20O5/c1-15-7-6-8-17(13-15)14-22-23(26)19-11-12-20(16(2)24(19)29-22)30-25(27)18-9-4-5-10-21(18)28-3/h4-14H,1-3H3/b22-14-. The summed E-state index contributed by atoms with van der Waals surface area (Å²) in [5.41, 5.74) is 3.32. The van der Waals surface area contributed by atoms with Crippen LogP contribution >= 0.6 is 0 Å². The molecule has 0 atom stereocenters. The molecule has 0 saturated carbocycles. The van der Waals surface area contributed by atoms with Gasteiger partial charge in [0.05, 0.1) is 12.7 Å². The van der Waals surface area contributed by atoms with Gasteiger partial charge in [-0.2, -0.15) is 0 Å². The van der Waals surface area contributed by atoms with Crippen LogP contribution in [0.2, 0.25) is 0 Å². The molecule has 30 heavy (non-hydrogen) atoms. The largest absolute Gasteiger partial charge is 0.496 e. The van der Waals surface area contributed by atoms with E-state index in [1.54, 1.807) is 49.4 Å². The SMILES string of the molecule is COc1ccccc1C(=O)Oc1ccc2c(c1C)O/C(=C\c1cccc(C)c1)C2=O. The molecule has 1 aliphatic rings. The molecule has 0 saturated heterocycles. The van der Waals surface area contributed by atoms with Gasteiger partial charge in [0.1, 0.15) is 22.8 Å². The first kappa shape index (κ1) is 19.5. The van der Waals surface area contributed by atoms with Crippen molar-refractivity contribution in [3.63, 3.8) is 0 Å². The Morgan fingerprint density at radius 1 is 0.967 bits per heavy atom. The Balaban J connectivity index is 1.63. The van der Waals surface area contributed by atoms with Crippen molar-refractivity contribution >= 4 is 17.8 Å². The number of para-hydroxylation sites is 1. The Labute approximate surface area is 174 Å². The van der Waals surface area contributed by atoms with Gasteiger partial charge in [0, 0.05) is 5.56 Å². The van der Waals surface area contributed by atoms with Crippen LogP contribution in [0.25, 0.3) is 6.08 Å². The van der Waals surface area contributed by atoms with E-state index in [1.807, 2.05) is 31.2 Å². The molecule has 0 spiro atoms. The number of rotatable bonds is 4. The summed E-state index contributed by atoms with van der Waals surface area (Å²) in [5.74, 6) is 0.661. The molecular weight excluding hydrogens is 380 g/mol. The monoisotopic (exact) mass is 400 g/mol. The van der Waals surface area contributed by atoms with Crippen molar-refractivity contribution in [2.45, 2.75) is 13.8 Å². The Hall–Kier alpha value is -3.86. The molecule has 1 aliphatic heterocycles. The summed E-state index contributed by atoms with van der Waals surface area (Å²) < 4.78 is 16.7. The smallest absolute Gasteiger partial charge is 0.347 e. The minimum Gasteiger partial charge on any atom is -0.496 e. The number of methoxy groups -OCH3 is 1. The van der Waals surface area contributed by atoms with Crippen molar-refractivity contribution in [3.8, 4) is 17.2 Å². The molecule has 4 rings (SSSR count). The lowest BCUT2D eigenvalue weighted by Gasteiger charge is -2.11. The second kappa shape index (κ2) is 7.87. The summed E-state index contributed by atoms with van der Waals surface area (Å²) in [7, 11) is 1.49. The van der Waals surface area contributed by atoms with Crippen LogP contribution in [0.5, 0.6) is 17.2 Å². The first-order valence-corrected chi connectivity index (χ1v) is 9.47. The summed E-state index contributed by atoms with van der Waals surface area (Å²) in [6.45, 7) is 3.74. The fraction of sp³-hybridized carbons (Fsp3) is 0.120. The highest BCUT2D eigenvalue weighted by molar-refractivity contribution is 6.15. The highest BCUT2D eigenvalue weighted by atomic mass is 16.5. The first-order valence-electron chi connectivity index (χ1n) is 9.47. The predicted molar refractivity (Wildman–Crippen MR) is 113 cm³/mol. The molecular formula is C25H20O5. The lowest BCUT2D eigenvalue weighted by Crippen LogP contribution is -2.11. The van der Waals surface area contributed by atoms with Gasteiger partial charge in [-0.15, -0.1) is 0 Å². The molecule has 3 aromatic rings. The summed E-state index contributed by atoms with van der Waals surface area (Å²) in [5, 5.41) is 0. The molecule has 5 heteroatoms. The highest BCUT2D eigenvalue weighted by Gasteiger charge is 2.30. The maximum atomic E-state index is 12.8. The van der Waals surface area contributed by atoms with Crippen LogP contribution in [-0.4, -0.2) is 18.9 Å². The Morgan fingerprint density at radius 3 is 2.53 bits per heavy atom. The molecule has 5 nitrogen and oxygen atoms in total. The Kier molecular flexibility index (Phi) is 5.11. The Morgan fingerprint density at radius 2 is 1.77 bits per heavy atom. The predicted octanol–water partition coefficient (Wildman–Crippen LogP) is 5.15. The van der Waals surface area contributed by atoms with E-state index in [1.165, 1.54) is 7.11 Å². The van der Waals surface area contributed by atoms with E-state index in [4.69, 9.17) is 14.2 Å². The van der Waals surface area contributed by atoms with Gasteiger partial charge in [0.2, 0.25) is 5.78 Å². The van der Waals surface area contributed by atoms with Crippen LogP contribution in [0.1, 0.15) is 37.4 Å². The van der Waals surface area contributed by atoms with E-state index < -0.39 is 5.97 Å². The minimum atomic E-state index is -0.546. The molecule has 0 radical (unpaired) electrons. The number of hydrogen-bond acceptors (Lipinski definition) is 5. The number of Topliss-reactive ketones (excluding diaryl/α,β-unsaturated/α-hetero) is 1. The second-order valence-electron chi connectivity index (χ2n) is 7.01. The third kappa shape index (κ3) is 3.57. The van der Waals surface area contributed by atoms with Crippen molar-refractivity contribution in [1.29, 1.82) is 0 Å². The van der Waals surface area contributed by atoms with E-state index in [2.05, 4.69) is 0 Å². The maximum Gasteiger partial charge on any atom is 0.347 e. The zero-order chi connectivity index (χ0) is 21.3. The van der Waals surface area contributed by atoms with Crippen molar-refractivity contribution in [2.75, 3.05) is 7.11 Å². The van der Waals surface area contributed by atoms with Gasteiger partial charge in [-0.05, 0) is 49.8 Å². The van der Waals surface area contributed by atoms with Gasteiger partial charge < -0.3 is 14.2 Å². The minimum absolute atomic E-state index is 0.197. The molecule has 0 unspecified atom stereocenters. The summed E-state index contributed by atoms with van der Waals surface area (Å²) in [6, 6.07) is 17.9. The normalized spacial score (nSPS) is 13.7. The van der Waals surface area contributed by atoms with Gasteiger partial charge in [0.25, 0.3) is 0 Å². The van der Waals surface area contributed by atoms with Crippen LogP contribution in [-0.2, 0) is 0 Å². The highest BCUT2D eigenvalue weighted by Crippen LogP contribution is 2.39. The number of ether oxygens (including phenoxy) is 3. The molecule has 3 aromatic carbocycles.